The van der Waals surface area contributed by atoms with Gasteiger partial charge >= 0.3 is 0 Å². The van der Waals surface area contributed by atoms with Crippen LogP contribution in [0.4, 0.5) is 10.1 Å². The Morgan fingerprint density at radius 1 is 1.21 bits per heavy atom. The Labute approximate surface area is 113 Å². The van der Waals surface area contributed by atoms with Crippen molar-refractivity contribution in [1.82, 2.24) is 4.90 Å². The molecule has 1 N–H and O–H groups in total. The topological polar surface area (TPSA) is 39.1 Å². The zero-order valence-corrected chi connectivity index (χ0v) is 10.9. The summed E-state index contributed by atoms with van der Waals surface area (Å²) >= 11 is 0. The van der Waals surface area contributed by atoms with Crippen LogP contribution in [0.3, 0.4) is 0 Å². The van der Waals surface area contributed by atoms with Gasteiger partial charge in [0.25, 0.3) is 0 Å². The second-order valence-corrected chi connectivity index (χ2v) is 5.49. The van der Waals surface area contributed by atoms with Crippen molar-refractivity contribution in [3.05, 3.63) is 29.6 Å². The zero-order valence-electron chi connectivity index (χ0n) is 10.9. The van der Waals surface area contributed by atoms with Crippen LogP contribution in [0.25, 0.3) is 0 Å². The van der Waals surface area contributed by atoms with Gasteiger partial charge in [-0.1, -0.05) is 0 Å². The predicted octanol–water partition coefficient (Wildman–Crippen LogP) is 2.74. The molecular weight excluding hydrogens is 241 g/mol. The molecule has 1 saturated heterocycles. The van der Waals surface area contributed by atoms with Crippen molar-refractivity contribution in [2.24, 2.45) is 0 Å². The Morgan fingerprint density at radius 2 is 1.95 bits per heavy atom. The molecule has 0 amide bonds. The number of nitrogens with zero attached hydrogens (tertiary/aromatic N) is 2. The Balaban J connectivity index is 1.58. The van der Waals surface area contributed by atoms with Gasteiger partial charge in [-0.25, -0.2) is 4.39 Å². The average molecular weight is 259 g/mol. The van der Waals surface area contributed by atoms with Crippen molar-refractivity contribution < 1.29 is 4.39 Å². The van der Waals surface area contributed by atoms with Gasteiger partial charge in [-0.3, -0.25) is 0 Å². The molecule has 1 heterocycles. The van der Waals surface area contributed by atoms with Gasteiger partial charge in [0, 0.05) is 25.2 Å². The van der Waals surface area contributed by atoms with Crippen molar-refractivity contribution in [3.8, 4) is 6.07 Å². The maximum absolute atomic E-state index is 13.8. The van der Waals surface area contributed by atoms with E-state index < -0.39 is 0 Å². The summed E-state index contributed by atoms with van der Waals surface area (Å²) in [6, 6.07) is 7.74. The van der Waals surface area contributed by atoms with E-state index in [2.05, 4.69) is 10.2 Å². The lowest BCUT2D eigenvalue weighted by molar-refractivity contribution is 0.210. The van der Waals surface area contributed by atoms with Crippen molar-refractivity contribution in [3.63, 3.8) is 0 Å². The fourth-order valence-electron chi connectivity index (χ4n) is 2.77. The van der Waals surface area contributed by atoms with E-state index in [9.17, 15) is 4.39 Å². The molecule has 1 saturated carbocycles. The molecule has 100 valence electrons. The van der Waals surface area contributed by atoms with Gasteiger partial charge in [-0.05, 0) is 43.9 Å². The molecule has 3 rings (SSSR count). The first-order valence-electron chi connectivity index (χ1n) is 6.96. The van der Waals surface area contributed by atoms with Crippen LogP contribution >= 0.6 is 0 Å². The van der Waals surface area contributed by atoms with Crippen LogP contribution < -0.4 is 5.32 Å². The minimum absolute atomic E-state index is 0.330. The van der Waals surface area contributed by atoms with Crippen LogP contribution in [0, 0.1) is 17.1 Å². The number of likely N-dealkylation sites (tertiary alicyclic amines) is 1. The van der Waals surface area contributed by atoms with E-state index in [1.165, 1.54) is 18.9 Å². The fourth-order valence-corrected chi connectivity index (χ4v) is 2.77. The summed E-state index contributed by atoms with van der Waals surface area (Å²) in [4.78, 5) is 2.55. The van der Waals surface area contributed by atoms with Gasteiger partial charge in [0.1, 0.15) is 5.82 Å². The van der Waals surface area contributed by atoms with Crippen LogP contribution in [0.1, 0.15) is 31.2 Å². The second kappa shape index (κ2) is 5.18. The number of rotatable bonds is 3. The quantitative estimate of drug-likeness (QED) is 0.907. The maximum Gasteiger partial charge on any atom is 0.147 e. The normalized spacial score (nSPS) is 21.1. The number of halogens is 1. The average Bonchev–Trinajstić information content (AvgIpc) is 3.26. The van der Waals surface area contributed by atoms with Gasteiger partial charge in [0.15, 0.2) is 0 Å². The Kier molecular flexibility index (Phi) is 3.39. The molecule has 1 aromatic carbocycles. The lowest BCUT2D eigenvalue weighted by atomic mass is 10.0. The van der Waals surface area contributed by atoms with E-state index in [1.807, 2.05) is 6.07 Å². The molecule has 0 spiro atoms. The molecular formula is C15H18FN3. The first-order chi connectivity index (χ1) is 9.26. The van der Waals surface area contributed by atoms with Crippen LogP contribution in [-0.2, 0) is 0 Å². The third kappa shape index (κ3) is 2.87. The summed E-state index contributed by atoms with van der Waals surface area (Å²) in [6.07, 6.45) is 4.83. The molecule has 1 aliphatic heterocycles. The molecule has 1 aromatic rings. The largest absolute Gasteiger partial charge is 0.380 e. The Morgan fingerprint density at radius 3 is 2.53 bits per heavy atom. The molecule has 1 aliphatic carbocycles. The van der Waals surface area contributed by atoms with Gasteiger partial charge < -0.3 is 10.2 Å². The second-order valence-electron chi connectivity index (χ2n) is 5.49. The summed E-state index contributed by atoms with van der Waals surface area (Å²) < 4.78 is 13.8. The van der Waals surface area contributed by atoms with Gasteiger partial charge in [0.05, 0.1) is 17.3 Å². The number of nitriles is 1. The van der Waals surface area contributed by atoms with E-state index in [0.29, 0.717) is 17.3 Å². The first kappa shape index (κ1) is 12.4. The minimum atomic E-state index is -0.330. The summed E-state index contributed by atoms with van der Waals surface area (Å²) in [5, 5.41) is 12.0. The van der Waals surface area contributed by atoms with Crippen molar-refractivity contribution in [1.29, 1.82) is 5.26 Å². The number of anilines is 1. The monoisotopic (exact) mass is 259 g/mol. The maximum atomic E-state index is 13.8. The number of hydrogen-bond donors (Lipinski definition) is 1. The fraction of sp³-hybridized carbons (Fsp3) is 0.533. The summed E-state index contributed by atoms with van der Waals surface area (Å²) in [7, 11) is 0. The van der Waals surface area contributed by atoms with E-state index in [1.54, 1.807) is 12.1 Å². The standard InChI is InChI=1S/C15H18FN3/c16-14-9-11(10-17)1-4-15(14)18-12-5-7-19(8-6-12)13-2-3-13/h1,4,9,12-13,18H,2-3,5-8H2. The number of piperidine rings is 1. The molecule has 4 heteroatoms. The summed E-state index contributed by atoms with van der Waals surface area (Å²) in [5.41, 5.74) is 0.885. The van der Waals surface area contributed by atoms with Gasteiger partial charge in [-0.2, -0.15) is 5.26 Å². The predicted molar refractivity (Wildman–Crippen MR) is 72.4 cm³/mol. The number of hydrogen-bond acceptors (Lipinski definition) is 3. The van der Waals surface area contributed by atoms with Gasteiger partial charge in [0.2, 0.25) is 0 Å². The molecule has 2 aliphatic rings. The molecule has 0 aromatic heterocycles. The van der Waals surface area contributed by atoms with Crippen molar-refractivity contribution in [2.75, 3.05) is 18.4 Å². The smallest absolute Gasteiger partial charge is 0.147 e. The minimum Gasteiger partial charge on any atom is -0.380 e. The summed E-state index contributed by atoms with van der Waals surface area (Å²) in [6.45, 7) is 2.22. The van der Waals surface area contributed by atoms with Gasteiger partial charge in [-0.15, -0.1) is 0 Å². The van der Waals surface area contributed by atoms with Crippen LogP contribution in [0.15, 0.2) is 18.2 Å². The summed E-state index contributed by atoms with van der Waals surface area (Å²) in [5.74, 6) is -0.330. The van der Waals surface area contributed by atoms with E-state index in [0.717, 1.165) is 32.0 Å². The van der Waals surface area contributed by atoms with Crippen LogP contribution in [0.2, 0.25) is 0 Å². The Bertz CT molecular complexity index is 497. The third-order valence-corrected chi connectivity index (χ3v) is 4.05. The first-order valence-corrected chi connectivity index (χ1v) is 6.96. The molecule has 2 fully saturated rings. The lowest BCUT2D eigenvalue weighted by Gasteiger charge is -2.32. The highest BCUT2D eigenvalue weighted by molar-refractivity contribution is 5.49. The van der Waals surface area contributed by atoms with E-state index in [-0.39, 0.29) is 5.82 Å². The Hall–Kier alpha value is -1.60. The molecule has 3 nitrogen and oxygen atoms in total. The zero-order chi connectivity index (χ0) is 13.2. The molecule has 0 radical (unpaired) electrons. The van der Waals surface area contributed by atoms with Crippen molar-refractivity contribution in [2.45, 2.75) is 37.8 Å². The number of benzene rings is 1. The third-order valence-electron chi connectivity index (χ3n) is 4.05. The van der Waals surface area contributed by atoms with Crippen molar-refractivity contribution >= 4 is 5.69 Å². The van der Waals surface area contributed by atoms with Crippen LogP contribution in [-0.4, -0.2) is 30.1 Å². The highest BCUT2D eigenvalue weighted by Crippen LogP contribution is 2.30. The molecule has 0 bridgehead atoms. The number of nitrogens with one attached hydrogen (secondary N) is 1. The van der Waals surface area contributed by atoms with E-state index >= 15 is 0 Å². The molecule has 0 unspecified atom stereocenters. The van der Waals surface area contributed by atoms with Crippen LogP contribution in [0.5, 0.6) is 0 Å². The highest BCUT2D eigenvalue weighted by atomic mass is 19.1. The SMILES string of the molecule is N#Cc1ccc(NC2CCN(C3CC3)CC2)c(F)c1. The molecule has 19 heavy (non-hydrogen) atoms. The molecule has 0 atom stereocenters. The lowest BCUT2D eigenvalue weighted by Crippen LogP contribution is -2.40. The van der Waals surface area contributed by atoms with E-state index in [4.69, 9.17) is 5.26 Å². The highest BCUT2D eigenvalue weighted by Gasteiger charge is 2.31.